The van der Waals surface area contributed by atoms with Gasteiger partial charge in [0.2, 0.25) is 5.91 Å². The number of hydrogen-bond acceptors (Lipinski definition) is 4. The third-order valence-electron chi connectivity index (χ3n) is 1.59. The first kappa shape index (κ1) is 12.6. The highest BCUT2D eigenvalue weighted by Gasteiger charge is 2.14. The molecule has 0 heterocycles. The molecule has 0 rings (SSSR count). The number of hydrogen-bond donors (Lipinski definition) is 3. The molecule has 0 radical (unpaired) electrons. The van der Waals surface area contributed by atoms with Crippen LogP contribution >= 0.6 is 0 Å². The van der Waals surface area contributed by atoms with Crippen molar-refractivity contribution in [3.05, 3.63) is 0 Å². The molecule has 0 aliphatic rings. The van der Waals surface area contributed by atoms with Gasteiger partial charge in [0.25, 0.3) is 0 Å². The minimum absolute atomic E-state index is 0.00560. The van der Waals surface area contributed by atoms with E-state index in [4.69, 9.17) is 10.8 Å². The second-order valence-corrected chi connectivity index (χ2v) is 2.98. The van der Waals surface area contributed by atoms with Crippen molar-refractivity contribution in [1.82, 2.24) is 5.32 Å². The van der Waals surface area contributed by atoms with Crippen LogP contribution in [0.1, 0.15) is 19.8 Å². The fraction of sp³-hybridized carbons (Fsp3) is 0.625. The predicted octanol–water partition coefficient (Wildman–Crippen LogP) is -1.12. The zero-order valence-corrected chi connectivity index (χ0v) is 7.90. The van der Waals surface area contributed by atoms with Crippen LogP contribution in [0.15, 0.2) is 0 Å². The number of nitrogens with one attached hydrogen (secondary N) is 1. The van der Waals surface area contributed by atoms with Crippen LogP contribution in [-0.2, 0) is 14.4 Å². The number of aldehydes is 1. The van der Waals surface area contributed by atoms with Gasteiger partial charge in [0, 0.05) is 6.42 Å². The van der Waals surface area contributed by atoms with E-state index in [0.717, 1.165) is 0 Å². The van der Waals surface area contributed by atoms with Crippen LogP contribution in [0.4, 0.5) is 0 Å². The monoisotopic (exact) mass is 202 g/mol. The maximum absolute atomic E-state index is 11.0. The second-order valence-electron chi connectivity index (χ2n) is 2.98. The van der Waals surface area contributed by atoms with Crippen LogP contribution in [0.5, 0.6) is 0 Å². The summed E-state index contributed by atoms with van der Waals surface area (Å²) in [5, 5.41) is 10.8. The summed E-state index contributed by atoms with van der Waals surface area (Å²) in [5.74, 6) is -1.51. The van der Waals surface area contributed by atoms with Crippen molar-refractivity contribution in [1.29, 1.82) is 0 Å². The van der Waals surface area contributed by atoms with Gasteiger partial charge in [0.1, 0.15) is 12.3 Å². The van der Waals surface area contributed by atoms with Gasteiger partial charge in [-0.3, -0.25) is 9.59 Å². The molecule has 80 valence electrons. The van der Waals surface area contributed by atoms with E-state index >= 15 is 0 Å². The molecule has 0 aromatic heterocycles. The predicted molar refractivity (Wildman–Crippen MR) is 48.5 cm³/mol. The van der Waals surface area contributed by atoms with Crippen LogP contribution in [0, 0.1) is 0 Å². The van der Waals surface area contributed by atoms with Gasteiger partial charge in [-0.1, -0.05) is 0 Å². The standard InChI is InChI=1S/C8H14N2O4/c1-5(4-11)10-7(12)3-2-6(9)8(13)14/h4-6H,2-3,9H2,1H3,(H,10,12)(H,13,14). The molecule has 2 atom stereocenters. The molecule has 0 aromatic rings. The molecule has 6 nitrogen and oxygen atoms in total. The summed E-state index contributed by atoms with van der Waals surface area (Å²) in [6.07, 6.45) is 0.660. The quantitative estimate of drug-likeness (QED) is 0.473. The average Bonchev–Trinajstić information content (AvgIpc) is 2.13. The Morgan fingerprint density at radius 1 is 1.57 bits per heavy atom. The van der Waals surface area contributed by atoms with Crippen molar-refractivity contribution >= 4 is 18.2 Å². The lowest BCUT2D eigenvalue weighted by Crippen LogP contribution is -2.36. The third-order valence-corrected chi connectivity index (χ3v) is 1.59. The number of amides is 1. The lowest BCUT2D eigenvalue weighted by atomic mass is 10.1. The number of carboxylic acid groups (broad SMARTS) is 1. The van der Waals surface area contributed by atoms with Crippen molar-refractivity contribution in [2.24, 2.45) is 5.73 Å². The summed E-state index contributed by atoms with van der Waals surface area (Å²) >= 11 is 0. The fourth-order valence-electron chi connectivity index (χ4n) is 0.770. The van der Waals surface area contributed by atoms with E-state index in [-0.39, 0.29) is 18.7 Å². The fourth-order valence-corrected chi connectivity index (χ4v) is 0.770. The molecular weight excluding hydrogens is 188 g/mol. The van der Waals surface area contributed by atoms with Crippen LogP contribution < -0.4 is 11.1 Å². The lowest BCUT2D eigenvalue weighted by molar-refractivity contribution is -0.138. The summed E-state index contributed by atoms with van der Waals surface area (Å²) < 4.78 is 0. The van der Waals surface area contributed by atoms with E-state index < -0.39 is 18.1 Å². The molecule has 0 aromatic carbocycles. The van der Waals surface area contributed by atoms with E-state index in [1.54, 1.807) is 0 Å². The molecular formula is C8H14N2O4. The van der Waals surface area contributed by atoms with Crippen LogP contribution in [0.25, 0.3) is 0 Å². The maximum Gasteiger partial charge on any atom is 0.320 e. The molecule has 0 saturated carbocycles. The number of nitrogens with two attached hydrogens (primary N) is 1. The molecule has 0 aliphatic carbocycles. The molecule has 2 unspecified atom stereocenters. The zero-order chi connectivity index (χ0) is 11.1. The topological polar surface area (TPSA) is 109 Å². The van der Waals surface area contributed by atoms with Crippen molar-refractivity contribution in [3.8, 4) is 0 Å². The Kier molecular flexibility index (Phi) is 5.47. The normalized spacial score (nSPS) is 14.1. The van der Waals surface area contributed by atoms with Crippen LogP contribution in [0.3, 0.4) is 0 Å². The number of carbonyl (C=O) groups excluding carboxylic acids is 2. The van der Waals surface area contributed by atoms with Gasteiger partial charge in [-0.25, -0.2) is 0 Å². The van der Waals surface area contributed by atoms with Gasteiger partial charge in [0.05, 0.1) is 6.04 Å². The number of rotatable bonds is 6. The molecule has 4 N–H and O–H groups in total. The summed E-state index contributed by atoms with van der Waals surface area (Å²) in [6, 6.07) is -1.59. The lowest BCUT2D eigenvalue weighted by Gasteiger charge is -2.08. The molecule has 0 bridgehead atoms. The first-order chi connectivity index (χ1) is 6.47. The van der Waals surface area contributed by atoms with E-state index in [2.05, 4.69) is 5.32 Å². The van der Waals surface area contributed by atoms with Crippen molar-refractivity contribution in [3.63, 3.8) is 0 Å². The van der Waals surface area contributed by atoms with Crippen molar-refractivity contribution in [2.45, 2.75) is 31.8 Å². The van der Waals surface area contributed by atoms with Crippen molar-refractivity contribution < 1.29 is 19.5 Å². The van der Waals surface area contributed by atoms with Gasteiger partial charge in [0.15, 0.2) is 0 Å². The smallest absolute Gasteiger partial charge is 0.320 e. The number of aliphatic carboxylic acids is 1. The first-order valence-corrected chi connectivity index (χ1v) is 4.20. The Morgan fingerprint density at radius 2 is 2.14 bits per heavy atom. The Bertz CT molecular complexity index is 229. The molecule has 14 heavy (non-hydrogen) atoms. The molecule has 6 heteroatoms. The largest absolute Gasteiger partial charge is 0.480 e. The number of carbonyl (C=O) groups is 3. The molecule has 1 amide bonds. The maximum atomic E-state index is 11.0. The molecule has 0 spiro atoms. The SMILES string of the molecule is CC(C=O)NC(=O)CCC(N)C(=O)O. The van der Waals surface area contributed by atoms with Crippen molar-refractivity contribution in [2.75, 3.05) is 0 Å². The molecule has 0 saturated heterocycles. The molecule has 0 fully saturated rings. The molecule has 0 aliphatic heterocycles. The summed E-state index contributed by atoms with van der Waals surface area (Å²) in [7, 11) is 0. The minimum atomic E-state index is -1.14. The number of carboxylic acids is 1. The summed E-state index contributed by atoms with van der Waals surface area (Å²) in [4.78, 5) is 31.5. The highest BCUT2D eigenvalue weighted by Crippen LogP contribution is 1.95. The minimum Gasteiger partial charge on any atom is -0.480 e. The average molecular weight is 202 g/mol. The van der Waals surface area contributed by atoms with E-state index in [1.807, 2.05) is 0 Å². The van der Waals surface area contributed by atoms with Gasteiger partial charge < -0.3 is 21.0 Å². The van der Waals surface area contributed by atoms with E-state index in [0.29, 0.717) is 6.29 Å². The van der Waals surface area contributed by atoms with Gasteiger partial charge in [-0.15, -0.1) is 0 Å². The Hall–Kier alpha value is -1.43. The van der Waals surface area contributed by atoms with E-state index in [9.17, 15) is 14.4 Å². The Labute approximate surface area is 81.5 Å². The third kappa shape index (κ3) is 5.26. The highest BCUT2D eigenvalue weighted by atomic mass is 16.4. The van der Waals surface area contributed by atoms with Crippen LogP contribution in [0.2, 0.25) is 0 Å². The summed E-state index contributed by atoms with van der Waals surface area (Å²) in [6.45, 7) is 1.53. The van der Waals surface area contributed by atoms with Gasteiger partial charge in [-0.2, -0.15) is 0 Å². The van der Waals surface area contributed by atoms with Gasteiger partial charge in [-0.05, 0) is 13.3 Å². The first-order valence-electron chi connectivity index (χ1n) is 4.20. The second kappa shape index (κ2) is 6.09. The van der Waals surface area contributed by atoms with Gasteiger partial charge >= 0.3 is 5.97 Å². The van der Waals surface area contributed by atoms with Crippen LogP contribution in [-0.4, -0.2) is 35.4 Å². The Balaban J connectivity index is 3.74. The van der Waals surface area contributed by atoms with E-state index in [1.165, 1.54) is 6.92 Å². The zero-order valence-electron chi connectivity index (χ0n) is 7.90. The summed E-state index contributed by atoms with van der Waals surface area (Å²) in [5.41, 5.74) is 5.18. The Morgan fingerprint density at radius 3 is 2.57 bits per heavy atom. The highest BCUT2D eigenvalue weighted by molar-refractivity contribution is 5.80.